The van der Waals surface area contributed by atoms with Crippen molar-refractivity contribution in [1.82, 2.24) is 15.5 Å². The number of amides is 1. The summed E-state index contributed by atoms with van der Waals surface area (Å²) in [5.74, 6) is 0.720. The number of ether oxygens (including phenoxy) is 1. The molecule has 136 valence electrons. The average Bonchev–Trinajstić information content (AvgIpc) is 3.00. The first kappa shape index (κ1) is 21.2. The molecule has 0 bridgehead atoms. The largest absolute Gasteiger partial charge is 0.383 e. The number of carbonyl (C=O) groups is 1. The van der Waals surface area contributed by atoms with Crippen LogP contribution >= 0.6 is 35.3 Å². The number of methoxy groups -OCH3 is 1. The summed E-state index contributed by atoms with van der Waals surface area (Å²) < 4.78 is 5.11. The van der Waals surface area contributed by atoms with Crippen molar-refractivity contribution in [2.45, 2.75) is 32.9 Å². The molecule has 0 spiro atoms. The number of hydrogen-bond donors (Lipinski definition) is 2. The van der Waals surface area contributed by atoms with E-state index in [-0.39, 0.29) is 42.5 Å². The third-order valence-corrected chi connectivity index (χ3v) is 4.70. The summed E-state index contributed by atoms with van der Waals surface area (Å²) in [6, 6.07) is 2.25. The fourth-order valence-electron chi connectivity index (χ4n) is 2.55. The van der Waals surface area contributed by atoms with Crippen LogP contribution in [0.1, 0.15) is 24.3 Å². The maximum Gasteiger partial charge on any atom is 0.244 e. The fraction of sp³-hybridized carbons (Fsp3) is 0.625. The molecule has 1 aromatic rings. The number of rotatable bonds is 6. The zero-order valence-corrected chi connectivity index (χ0v) is 17.6. The Hall–Kier alpha value is -0.870. The van der Waals surface area contributed by atoms with Gasteiger partial charge in [-0.1, -0.05) is 0 Å². The standard InChI is InChI=1S/C16H26N4O2S.HI/c1-4-17-16(19-12(2)11-22-3)18-9-15(21)20-7-5-14-13(10-20)6-8-23-14;/h6,8,12H,4-5,7,9-11H2,1-3H3,(H2,17,18,19);1H. The highest BCUT2D eigenvalue weighted by atomic mass is 127. The van der Waals surface area contributed by atoms with Crippen LogP contribution in [0.3, 0.4) is 0 Å². The molecule has 2 heterocycles. The highest BCUT2D eigenvalue weighted by molar-refractivity contribution is 14.0. The van der Waals surface area contributed by atoms with Gasteiger partial charge in [-0.3, -0.25) is 4.79 Å². The molecule has 1 amide bonds. The molecule has 8 heteroatoms. The van der Waals surface area contributed by atoms with Crippen LogP contribution in [-0.4, -0.2) is 56.2 Å². The summed E-state index contributed by atoms with van der Waals surface area (Å²) in [6.07, 6.45) is 0.950. The van der Waals surface area contributed by atoms with Gasteiger partial charge in [-0.25, -0.2) is 4.99 Å². The lowest BCUT2D eigenvalue weighted by Crippen LogP contribution is -2.45. The Morgan fingerprint density at radius 3 is 3.04 bits per heavy atom. The van der Waals surface area contributed by atoms with Gasteiger partial charge >= 0.3 is 0 Å². The van der Waals surface area contributed by atoms with Crippen molar-refractivity contribution in [1.29, 1.82) is 0 Å². The van der Waals surface area contributed by atoms with E-state index in [4.69, 9.17) is 4.74 Å². The van der Waals surface area contributed by atoms with E-state index in [1.807, 2.05) is 18.7 Å². The molecule has 2 rings (SSSR count). The summed E-state index contributed by atoms with van der Waals surface area (Å²) in [6.45, 7) is 7.01. The van der Waals surface area contributed by atoms with Crippen LogP contribution in [0, 0.1) is 0 Å². The van der Waals surface area contributed by atoms with Crippen molar-refractivity contribution >= 4 is 47.2 Å². The van der Waals surface area contributed by atoms with E-state index >= 15 is 0 Å². The fourth-order valence-corrected chi connectivity index (χ4v) is 3.44. The van der Waals surface area contributed by atoms with E-state index in [1.54, 1.807) is 18.4 Å². The third-order valence-electron chi connectivity index (χ3n) is 3.68. The molecule has 1 unspecified atom stereocenters. The van der Waals surface area contributed by atoms with Gasteiger partial charge in [0.15, 0.2) is 5.96 Å². The zero-order valence-electron chi connectivity index (χ0n) is 14.5. The molecule has 0 fully saturated rings. The van der Waals surface area contributed by atoms with Gasteiger partial charge in [-0.2, -0.15) is 0 Å². The van der Waals surface area contributed by atoms with Crippen LogP contribution in [0.15, 0.2) is 16.4 Å². The van der Waals surface area contributed by atoms with Crippen molar-refractivity contribution < 1.29 is 9.53 Å². The summed E-state index contributed by atoms with van der Waals surface area (Å²) >= 11 is 1.78. The first-order valence-electron chi connectivity index (χ1n) is 8.00. The molecule has 0 aliphatic carbocycles. The summed E-state index contributed by atoms with van der Waals surface area (Å²) in [4.78, 5) is 20.1. The Morgan fingerprint density at radius 2 is 2.33 bits per heavy atom. The number of guanidine groups is 1. The van der Waals surface area contributed by atoms with Crippen LogP contribution in [0.2, 0.25) is 0 Å². The highest BCUT2D eigenvalue weighted by Crippen LogP contribution is 2.23. The highest BCUT2D eigenvalue weighted by Gasteiger charge is 2.21. The number of aliphatic imine (C=N–C) groups is 1. The Balaban J connectivity index is 0.00000288. The summed E-state index contributed by atoms with van der Waals surface area (Å²) in [7, 11) is 1.67. The van der Waals surface area contributed by atoms with Crippen LogP contribution in [0.25, 0.3) is 0 Å². The van der Waals surface area contributed by atoms with Gasteiger partial charge in [0.1, 0.15) is 6.54 Å². The average molecular weight is 466 g/mol. The molecule has 0 radical (unpaired) electrons. The lowest BCUT2D eigenvalue weighted by Gasteiger charge is -2.26. The minimum absolute atomic E-state index is 0. The van der Waals surface area contributed by atoms with Gasteiger partial charge in [-0.05, 0) is 37.3 Å². The minimum atomic E-state index is 0. The van der Waals surface area contributed by atoms with Crippen molar-refractivity contribution in [3.05, 3.63) is 21.9 Å². The maximum atomic E-state index is 12.4. The number of fused-ring (bicyclic) bond motifs is 1. The van der Waals surface area contributed by atoms with Gasteiger partial charge in [-0.15, -0.1) is 35.3 Å². The molecule has 0 saturated carbocycles. The normalized spacial score (nSPS) is 15.3. The van der Waals surface area contributed by atoms with Crippen LogP contribution in [-0.2, 0) is 22.5 Å². The number of carbonyl (C=O) groups excluding carboxylic acids is 1. The molecule has 24 heavy (non-hydrogen) atoms. The van der Waals surface area contributed by atoms with E-state index in [0.29, 0.717) is 19.1 Å². The Morgan fingerprint density at radius 1 is 1.54 bits per heavy atom. The molecule has 2 N–H and O–H groups in total. The van der Waals surface area contributed by atoms with E-state index in [2.05, 4.69) is 27.1 Å². The zero-order chi connectivity index (χ0) is 16.7. The second kappa shape index (κ2) is 10.9. The Labute approximate surface area is 165 Å². The molecule has 6 nitrogen and oxygen atoms in total. The maximum absolute atomic E-state index is 12.4. The molecule has 1 aliphatic rings. The van der Waals surface area contributed by atoms with Crippen LogP contribution in [0.4, 0.5) is 0 Å². The predicted octanol–water partition coefficient (Wildman–Crippen LogP) is 1.84. The number of halogens is 1. The second-order valence-corrected chi connectivity index (χ2v) is 6.63. The van der Waals surface area contributed by atoms with Gasteiger partial charge < -0.3 is 20.3 Å². The molecule has 0 saturated heterocycles. The lowest BCUT2D eigenvalue weighted by molar-refractivity contribution is -0.130. The van der Waals surface area contributed by atoms with Crippen LogP contribution < -0.4 is 10.6 Å². The monoisotopic (exact) mass is 466 g/mol. The second-order valence-electron chi connectivity index (χ2n) is 5.63. The van der Waals surface area contributed by atoms with Crippen LogP contribution in [0.5, 0.6) is 0 Å². The van der Waals surface area contributed by atoms with Crippen molar-refractivity contribution in [2.24, 2.45) is 4.99 Å². The van der Waals surface area contributed by atoms with Crippen molar-refractivity contribution in [2.75, 3.05) is 33.4 Å². The SMILES string of the molecule is CCNC(=NCC(=O)N1CCc2sccc2C1)NC(C)COC.I. The van der Waals surface area contributed by atoms with Gasteiger partial charge in [0.05, 0.1) is 6.61 Å². The van der Waals surface area contributed by atoms with E-state index < -0.39 is 0 Å². The number of nitrogens with one attached hydrogen (secondary N) is 2. The molecular weight excluding hydrogens is 439 g/mol. The first-order chi connectivity index (χ1) is 11.1. The van der Waals surface area contributed by atoms with Gasteiger partial charge in [0.25, 0.3) is 0 Å². The summed E-state index contributed by atoms with van der Waals surface area (Å²) in [5.41, 5.74) is 1.28. The molecule has 1 aromatic heterocycles. The first-order valence-corrected chi connectivity index (χ1v) is 8.88. The molecule has 1 aliphatic heterocycles. The molecule has 1 atom stereocenters. The Bertz CT molecular complexity index is 550. The topological polar surface area (TPSA) is 66.0 Å². The minimum Gasteiger partial charge on any atom is -0.383 e. The van der Waals surface area contributed by atoms with Gasteiger partial charge in [0, 0.05) is 37.7 Å². The predicted molar refractivity (Wildman–Crippen MR) is 109 cm³/mol. The number of thiophene rings is 1. The van der Waals surface area contributed by atoms with Crippen molar-refractivity contribution in [3.63, 3.8) is 0 Å². The number of hydrogen-bond acceptors (Lipinski definition) is 4. The van der Waals surface area contributed by atoms with E-state index in [9.17, 15) is 4.79 Å². The summed E-state index contributed by atoms with van der Waals surface area (Å²) in [5, 5.41) is 8.49. The van der Waals surface area contributed by atoms with E-state index in [1.165, 1.54) is 10.4 Å². The smallest absolute Gasteiger partial charge is 0.244 e. The van der Waals surface area contributed by atoms with E-state index in [0.717, 1.165) is 19.5 Å². The molecule has 0 aromatic carbocycles. The molecular formula is C16H27IN4O2S. The quantitative estimate of drug-likeness (QED) is 0.382. The number of nitrogens with zero attached hydrogens (tertiary/aromatic N) is 2. The lowest BCUT2D eigenvalue weighted by atomic mass is 10.1. The Kier molecular flexibility index (Phi) is 9.60. The third kappa shape index (κ3) is 6.21. The van der Waals surface area contributed by atoms with Gasteiger partial charge in [0.2, 0.25) is 5.91 Å². The van der Waals surface area contributed by atoms with Crippen molar-refractivity contribution in [3.8, 4) is 0 Å².